The molecule has 0 radical (unpaired) electrons. The summed E-state index contributed by atoms with van der Waals surface area (Å²) < 4.78 is 5.49. The van der Waals surface area contributed by atoms with E-state index in [1.54, 1.807) is 11.0 Å². The van der Waals surface area contributed by atoms with Crippen molar-refractivity contribution in [3.8, 4) is 0 Å². The van der Waals surface area contributed by atoms with E-state index in [1.807, 2.05) is 14.1 Å². The van der Waals surface area contributed by atoms with Gasteiger partial charge in [-0.15, -0.1) is 0 Å². The van der Waals surface area contributed by atoms with Gasteiger partial charge in [0.15, 0.2) is 0 Å². The van der Waals surface area contributed by atoms with Gasteiger partial charge in [0.2, 0.25) is 5.76 Å². The maximum absolute atomic E-state index is 12.0. The van der Waals surface area contributed by atoms with Crippen LogP contribution < -0.4 is 0 Å². The summed E-state index contributed by atoms with van der Waals surface area (Å²) in [5, 5.41) is 3.65. The largest absolute Gasteiger partial charge is 0.350 e. The number of aromatic nitrogens is 1. The van der Waals surface area contributed by atoms with Crippen LogP contribution >= 0.6 is 15.9 Å². The highest BCUT2D eigenvalue weighted by Gasteiger charge is 2.29. The van der Waals surface area contributed by atoms with Crippen LogP contribution in [0.3, 0.4) is 0 Å². The van der Waals surface area contributed by atoms with Crippen molar-refractivity contribution in [3.05, 3.63) is 16.4 Å². The summed E-state index contributed by atoms with van der Waals surface area (Å²) in [6.07, 6.45) is 1.01. The summed E-state index contributed by atoms with van der Waals surface area (Å²) in [5.74, 6) is 0.217. The Morgan fingerprint density at radius 3 is 2.94 bits per heavy atom. The Balaban J connectivity index is 2.02. The Kier molecular flexibility index (Phi) is 3.30. The average molecular weight is 288 g/mol. The second-order valence-electron chi connectivity index (χ2n) is 4.17. The van der Waals surface area contributed by atoms with Crippen LogP contribution in [0.4, 0.5) is 0 Å². The molecule has 0 saturated carbocycles. The first-order chi connectivity index (χ1) is 7.58. The number of hydrogen-bond acceptors (Lipinski definition) is 4. The Morgan fingerprint density at radius 2 is 2.44 bits per heavy atom. The average Bonchev–Trinajstić information content (AvgIpc) is 2.84. The van der Waals surface area contributed by atoms with Gasteiger partial charge in [-0.1, -0.05) is 5.16 Å². The molecule has 1 aliphatic heterocycles. The predicted molar refractivity (Wildman–Crippen MR) is 62.2 cm³/mol. The molecule has 1 saturated heterocycles. The van der Waals surface area contributed by atoms with Gasteiger partial charge in [-0.05, 0) is 36.4 Å². The Morgan fingerprint density at radius 1 is 1.69 bits per heavy atom. The second-order valence-corrected chi connectivity index (χ2v) is 4.98. The summed E-state index contributed by atoms with van der Waals surface area (Å²) in [5.41, 5.74) is 0. The van der Waals surface area contributed by atoms with Crippen molar-refractivity contribution in [2.45, 2.75) is 12.5 Å². The molecule has 1 fully saturated rings. The molecule has 5 nitrogen and oxygen atoms in total. The lowest BCUT2D eigenvalue weighted by Crippen LogP contribution is -2.34. The van der Waals surface area contributed by atoms with Crippen molar-refractivity contribution in [1.82, 2.24) is 15.0 Å². The molecule has 2 heterocycles. The van der Waals surface area contributed by atoms with Gasteiger partial charge >= 0.3 is 0 Å². The van der Waals surface area contributed by atoms with Gasteiger partial charge in [0.05, 0.1) is 0 Å². The lowest BCUT2D eigenvalue weighted by molar-refractivity contribution is 0.0741. The molecule has 0 unspecified atom stereocenters. The number of carbonyl (C=O) groups is 1. The molecule has 6 heteroatoms. The van der Waals surface area contributed by atoms with Crippen LogP contribution in [0.5, 0.6) is 0 Å². The van der Waals surface area contributed by atoms with Crippen molar-refractivity contribution in [2.75, 3.05) is 27.2 Å². The minimum atomic E-state index is -0.0810. The smallest absolute Gasteiger partial charge is 0.292 e. The van der Waals surface area contributed by atoms with E-state index >= 15 is 0 Å². The predicted octanol–water partition coefficient (Wildman–Crippen LogP) is 1.21. The summed E-state index contributed by atoms with van der Waals surface area (Å²) in [6, 6.07) is 2.04. The van der Waals surface area contributed by atoms with Crippen molar-refractivity contribution in [3.63, 3.8) is 0 Å². The van der Waals surface area contributed by atoms with Crippen LogP contribution in [-0.2, 0) is 0 Å². The molecule has 1 atom stereocenters. The molecule has 1 amide bonds. The fourth-order valence-corrected chi connectivity index (χ4v) is 2.14. The van der Waals surface area contributed by atoms with Crippen LogP contribution in [0, 0.1) is 0 Å². The van der Waals surface area contributed by atoms with E-state index in [9.17, 15) is 4.79 Å². The minimum Gasteiger partial charge on any atom is -0.350 e. The Hall–Kier alpha value is -0.880. The first kappa shape index (κ1) is 11.6. The summed E-state index contributed by atoms with van der Waals surface area (Å²) in [7, 11) is 4.06. The number of amides is 1. The molecular weight excluding hydrogens is 274 g/mol. The first-order valence-corrected chi connectivity index (χ1v) is 5.95. The monoisotopic (exact) mass is 287 g/mol. The van der Waals surface area contributed by atoms with E-state index in [0.29, 0.717) is 16.4 Å². The minimum absolute atomic E-state index is 0.0810. The van der Waals surface area contributed by atoms with E-state index in [0.717, 1.165) is 19.5 Å². The lowest BCUT2D eigenvalue weighted by atomic mass is 10.2. The van der Waals surface area contributed by atoms with Crippen molar-refractivity contribution < 1.29 is 9.32 Å². The summed E-state index contributed by atoms with van der Waals surface area (Å²) >= 11 is 3.16. The number of halogens is 1. The van der Waals surface area contributed by atoms with Gasteiger partial charge in [0.25, 0.3) is 5.91 Å². The van der Waals surface area contributed by atoms with Crippen molar-refractivity contribution >= 4 is 21.8 Å². The van der Waals surface area contributed by atoms with E-state index in [4.69, 9.17) is 4.52 Å². The maximum Gasteiger partial charge on any atom is 0.292 e. The molecule has 0 N–H and O–H groups in total. The fourth-order valence-electron chi connectivity index (χ4n) is 1.86. The highest BCUT2D eigenvalue weighted by Crippen LogP contribution is 2.18. The zero-order valence-electron chi connectivity index (χ0n) is 9.31. The van der Waals surface area contributed by atoms with Crippen LogP contribution in [0.2, 0.25) is 0 Å². The number of likely N-dealkylation sites (N-methyl/N-ethyl adjacent to an activating group) is 1. The molecule has 1 aromatic rings. The van der Waals surface area contributed by atoms with Crippen LogP contribution in [0.25, 0.3) is 0 Å². The molecule has 1 aliphatic rings. The Bertz CT molecular complexity index is 391. The zero-order valence-corrected chi connectivity index (χ0v) is 10.9. The van der Waals surface area contributed by atoms with E-state index in [1.165, 1.54) is 0 Å². The van der Waals surface area contributed by atoms with Crippen LogP contribution in [0.1, 0.15) is 17.0 Å². The van der Waals surface area contributed by atoms with Crippen LogP contribution in [0.15, 0.2) is 15.2 Å². The first-order valence-electron chi connectivity index (χ1n) is 5.16. The highest BCUT2D eigenvalue weighted by atomic mass is 79.9. The third-order valence-corrected chi connectivity index (χ3v) is 3.25. The van der Waals surface area contributed by atoms with Gasteiger partial charge in [-0.3, -0.25) is 4.79 Å². The third kappa shape index (κ3) is 2.27. The molecule has 0 aliphatic carbocycles. The summed E-state index contributed by atoms with van der Waals surface area (Å²) in [4.78, 5) is 15.9. The van der Waals surface area contributed by atoms with Gasteiger partial charge < -0.3 is 14.3 Å². The molecule has 0 bridgehead atoms. The molecule has 0 spiro atoms. The molecular formula is C10H14BrN3O2. The van der Waals surface area contributed by atoms with E-state index in [2.05, 4.69) is 26.0 Å². The number of hydrogen-bond donors (Lipinski definition) is 0. The highest BCUT2D eigenvalue weighted by molar-refractivity contribution is 9.10. The summed E-state index contributed by atoms with van der Waals surface area (Å²) in [6.45, 7) is 1.53. The molecule has 2 rings (SSSR count). The zero-order chi connectivity index (χ0) is 11.7. The maximum atomic E-state index is 12.0. The quantitative estimate of drug-likeness (QED) is 0.821. The standard InChI is InChI=1S/C10H14BrN3O2/c1-13(2)7-3-4-14(6-7)10(15)8-5-9(11)12-16-8/h5,7H,3-4,6H2,1-2H3/t7-/m1/s1. The third-order valence-electron chi connectivity index (χ3n) is 2.87. The number of carbonyl (C=O) groups excluding carboxylic acids is 1. The number of likely N-dealkylation sites (tertiary alicyclic amines) is 1. The topological polar surface area (TPSA) is 49.6 Å². The molecule has 16 heavy (non-hydrogen) atoms. The van der Waals surface area contributed by atoms with Crippen molar-refractivity contribution in [2.24, 2.45) is 0 Å². The SMILES string of the molecule is CN(C)[C@@H]1CCN(C(=O)c2cc(Br)no2)C1. The fraction of sp³-hybridized carbons (Fsp3) is 0.600. The van der Waals surface area contributed by atoms with Gasteiger partial charge in [-0.25, -0.2) is 0 Å². The van der Waals surface area contributed by atoms with Crippen LogP contribution in [-0.4, -0.2) is 54.1 Å². The normalized spacial score (nSPS) is 20.8. The Labute approximate surface area is 102 Å². The number of rotatable bonds is 2. The van der Waals surface area contributed by atoms with E-state index < -0.39 is 0 Å². The molecule has 0 aromatic carbocycles. The molecule has 1 aromatic heterocycles. The van der Waals surface area contributed by atoms with Gasteiger partial charge in [0, 0.05) is 25.2 Å². The number of nitrogens with zero attached hydrogens (tertiary/aromatic N) is 3. The van der Waals surface area contributed by atoms with E-state index in [-0.39, 0.29) is 5.91 Å². The van der Waals surface area contributed by atoms with Gasteiger partial charge in [0.1, 0.15) is 4.60 Å². The molecule has 88 valence electrons. The van der Waals surface area contributed by atoms with Gasteiger partial charge in [-0.2, -0.15) is 0 Å². The van der Waals surface area contributed by atoms with Crippen molar-refractivity contribution in [1.29, 1.82) is 0 Å². The lowest BCUT2D eigenvalue weighted by Gasteiger charge is -2.19. The second kappa shape index (κ2) is 4.55.